The highest BCUT2D eigenvalue weighted by atomic mass is 16.5. The smallest absolute Gasteiger partial charge is 0.235 e. The highest BCUT2D eigenvalue weighted by molar-refractivity contribution is 5.22. The Labute approximate surface area is 109 Å². The molecule has 1 heterocycles. The molecular formula is C14H23N3O. The Balaban J connectivity index is 2.14. The lowest BCUT2D eigenvalue weighted by Gasteiger charge is -2.21. The van der Waals surface area contributed by atoms with Crippen molar-refractivity contribution in [3.63, 3.8) is 0 Å². The van der Waals surface area contributed by atoms with Crippen LogP contribution in [0.4, 0.5) is 0 Å². The molecule has 1 aromatic rings. The minimum atomic E-state index is 0.472. The highest BCUT2D eigenvalue weighted by Gasteiger charge is 2.24. The largest absolute Gasteiger partial charge is 0.480 e. The van der Waals surface area contributed by atoms with E-state index in [9.17, 15) is 0 Å². The van der Waals surface area contributed by atoms with Crippen LogP contribution in [0.2, 0.25) is 0 Å². The summed E-state index contributed by atoms with van der Waals surface area (Å²) in [5.74, 6) is 1.17. The molecule has 2 rings (SSSR count). The highest BCUT2D eigenvalue weighted by Crippen LogP contribution is 2.34. The van der Waals surface area contributed by atoms with E-state index in [1.165, 1.54) is 25.7 Å². The minimum absolute atomic E-state index is 0.472. The molecular weight excluding hydrogens is 226 g/mol. The van der Waals surface area contributed by atoms with Crippen LogP contribution in [0.3, 0.4) is 0 Å². The number of hydrogen-bond donors (Lipinski definition) is 1. The molecule has 18 heavy (non-hydrogen) atoms. The van der Waals surface area contributed by atoms with Gasteiger partial charge in [-0.25, -0.2) is 4.98 Å². The van der Waals surface area contributed by atoms with Crippen molar-refractivity contribution in [2.75, 3.05) is 13.7 Å². The second-order valence-corrected chi connectivity index (χ2v) is 4.92. The third kappa shape index (κ3) is 3.19. The summed E-state index contributed by atoms with van der Waals surface area (Å²) in [6, 6.07) is 0.606. The van der Waals surface area contributed by atoms with Crippen molar-refractivity contribution in [3.8, 4) is 5.88 Å². The van der Waals surface area contributed by atoms with Crippen LogP contribution in [0.15, 0.2) is 12.4 Å². The van der Waals surface area contributed by atoms with Crippen LogP contribution in [0.1, 0.15) is 50.6 Å². The molecule has 0 aliphatic heterocycles. The molecule has 1 N–H and O–H groups in total. The molecule has 100 valence electrons. The van der Waals surface area contributed by atoms with Gasteiger partial charge in [0.25, 0.3) is 0 Å². The molecule has 4 nitrogen and oxygen atoms in total. The number of hydrogen-bond acceptors (Lipinski definition) is 4. The third-order valence-corrected chi connectivity index (χ3v) is 3.69. The van der Waals surface area contributed by atoms with Crippen molar-refractivity contribution in [1.29, 1.82) is 0 Å². The average Bonchev–Trinajstić information content (AvgIpc) is 2.65. The molecule has 1 fully saturated rings. The van der Waals surface area contributed by atoms with Gasteiger partial charge >= 0.3 is 0 Å². The summed E-state index contributed by atoms with van der Waals surface area (Å²) >= 11 is 0. The van der Waals surface area contributed by atoms with Gasteiger partial charge in [0.1, 0.15) is 5.69 Å². The predicted molar refractivity (Wildman–Crippen MR) is 71.9 cm³/mol. The van der Waals surface area contributed by atoms with Crippen LogP contribution in [0.5, 0.6) is 5.88 Å². The maximum atomic E-state index is 5.34. The predicted octanol–water partition coefficient (Wildman–Crippen LogP) is 2.51. The van der Waals surface area contributed by atoms with Crippen LogP contribution in [0, 0.1) is 0 Å². The summed E-state index contributed by atoms with van der Waals surface area (Å²) in [7, 11) is 1.67. The van der Waals surface area contributed by atoms with E-state index in [1.54, 1.807) is 19.5 Å². The molecule has 1 aromatic heterocycles. The first-order valence-corrected chi connectivity index (χ1v) is 6.93. The van der Waals surface area contributed by atoms with Gasteiger partial charge in [0, 0.05) is 24.4 Å². The van der Waals surface area contributed by atoms with E-state index in [-0.39, 0.29) is 0 Å². The van der Waals surface area contributed by atoms with Gasteiger partial charge in [-0.05, 0) is 25.8 Å². The Kier molecular flexibility index (Phi) is 4.93. The zero-order valence-electron chi connectivity index (χ0n) is 11.4. The number of nitrogens with one attached hydrogen (secondary N) is 1. The quantitative estimate of drug-likeness (QED) is 0.833. The van der Waals surface area contributed by atoms with Crippen LogP contribution in [-0.4, -0.2) is 29.7 Å². The number of methoxy groups -OCH3 is 1. The van der Waals surface area contributed by atoms with Gasteiger partial charge in [-0.15, -0.1) is 0 Å². The fourth-order valence-corrected chi connectivity index (χ4v) is 2.86. The summed E-state index contributed by atoms with van der Waals surface area (Å²) in [6.07, 6.45) is 9.64. The molecule has 2 atom stereocenters. The second-order valence-electron chi connectivity index (χ2n) is 4.92. The Morgan fingerprint density at radius 1 is 1.28 bits per heavy atom. The maximum Gasteiger partial charge on any atom is 0.235 e. The summed E-state index contributed by atoms with van der Waals surface area (Å²) in [5, 5.41) is 3.57. The zero-order valence-corrected chi connectivity index (χ0v) is 11.4. The first-order chi connectivity index (χ1) is 8.85. The topological polar surface area (TPSA) is 47.0 Å². The van der Waals surface area contributed by atoms with E-state index in [2.05, 4.69) is 22.2 Å². The van der Waals surface area contributed by atoms with Crippen molar-refractivity contribution in [3.05, 3.63) is 18.1 Å². The molecule has 1 saturated carbocycles. The van der Waals surface area contributed by atoms with Gasteiger partial charge in [-0.2, -0.15) is 0 Å². The van der Waals surface area contributed by atoms with E-state index < -0.39 is 0 Å². The normalized spacial score (nSPS) is 24.6. The molecule has 1 aliphatic rings. The zero-order chi connectivity index (χ0) is 12.8. The van der Waals surface area contributed by atoms with E-state index >= 15 is 0 Å². The van der Waals surface area contributed by atoms with Crippen molar-refractivity contribution in [2.45, 2.75) is 51.0 Å². The molecule has 0 spiro atoms. The molecule has 1 aliphatic carbocycles. The molecule has 0 aromatic carbocycles. The summed E-state index contributed by atoms with van der Waals surface area (Å²) in [6.45, 7) is 3.21. The van der Waals surface area contributed by atoms with Crippen LogP contribution in [-0.2, 0) is 0 Å². The van der Waals surface area contributed by atoms with Gasteiger partial charge in [0.05, 0.1) is 7.11 Å². The van der Waals surface area contributed by atoms with Crippen molar-refractivity contribution < 1.29 is 4.74 Å². The van der Waals surface area contributed by atoms with Crippen molar-refractivity contribution in [1.82, 2.24) is 15.3 Å². The lowest BCUT2D eigenvalue weighted by Crippen LogP contribution is -2.29. The lowest BCUT2D eigenvalue weighted by molar-refractivity contribution is 0.374. The van der Waals surface area contributed by atoms with Gasteiger partial charge in [0.15, 0.2) is 0 Å². The molecule has 4 heteroatoms. The van der Waals surface area contributed by atoms with Gasteiger partial charge < -0.3 is 10.1 Å². The lowest BCUT2D eigenvalue weighted by atomic mass is 9.94. The van der Waals surface area contributed by atoms with Gasteiger partial charge in [-0.1, -0.05) is 19.8 Å². The van der Waals surface area contributed by atoms with Gasteiger partial charge in [0.2, 0.25) is 5.88 Å². The average molecular weight is 249 g/mol. The van der Waals surface area contributed by atoms with Gasteiger partial charge in [-0.3, -0.25) is 4.98 Å². The summed E-state index contributed by atoms with van der Waals surface area (Å²) in [4.78, 5) is 8.76. The van der Waals surface area contributed by atoms with Crippen LogP contribution < -0.4 is 10.1 Å². The second kappa shape index (κ2) is 6.69. The molecule has 0 bridgehead atoms. The standard InChI is InChI=1S/C14H23N3O/c1-3-15-12-7-5-4-6-11(10-12)13-14(18-2)17-9-8-16-13/h8-9,11-12,15H,3-7,10H2,1-2H3. The first kappa shape index (κ1) is 13.3. The SMILES string of the molecule is CCNC1CCCCC(c2nccnc2OC)C1. The van der Waals surface area contributed by atoms with E-state index in [0.29, 0.717) is 17.8 Å². The fraction of sp³-hybridized carbons (Fsp3) is 0.714. The number of rotatable bonds is 4. The number of nitrogens with zero attached hydrogens (tertiary/aromatic N) is 2. The van der Waals surface area contributed by atoms with Crippen molar-refractivity contribution in [2.24, 2.45) is 0 Å². The molecule has 2 unspecified atom stereocenters. The summed E-state index contributed by atoms with van der Waals surface area (Å²) < 4.78 is 5.34. The Bertz CT molecular complexity index is 370. The molecule has 0 radical (unpaired) electrons. The number of ether oxygens (including phenoxy) is 1. The van der Waals surface area contributed by atoms with E-state index in [0.717, 1.165) is 18.7 Å². The Morgan fingerprint density at radius 3 is 2.83 bits per heavy atom. The molecule has 0 saturated heterocycles. The molecule has 0 amide bonds. The van der Waals surface area contributed by atoms with Crippen molar-refractivity contribution >= 4 is 0 Å². The van der Waals surface area contributed by atoms with E-state index in [4.69, 9.17) is 4.74 Å². The van der Waals surface area contributed by atoms with E-state index in [1.807, 2.05) is 0 Å². The minimum Gasteiger partial charge on any atom is -0.480 e. The Hall–Kier alpha value is -1.16. The van der Waals surface area contributed by atoms with Crippen LogP contribution >= 0.6 is 0 Å². The third-order valence-electron chi connectivity index (χ3n) is 3.69. The maximum absolute atomic E-state index is 5.34. The monoisotopic (exact) mass is 249 g/mol. The first-order valence-electron chi connectivity index (χ1n) is 6.93. The number of aromatic nitrogens is 2. The Morgan fingerprint density at radius 2 is 2.06 bits per heavy atom. The van der Waals surface area contributed by atoms with Crippen LogP contribution in [0.25, 0.3) is 0 Å². The fourth-order valence-electron chi connectivity index (χ4n) is 2.86. The summed E-state index contributed by atoms with van der Waals surface area (Å²) in [5.41, 5.74) is 1.03.